The van der Waals surface area contributed by atoms with Gasteiger partial charge in [-0.05, 0) is 42.2 Å². The van der Waals surface area contributed by atoms with Gasteiger partial charge in [0.1, 0.15) is 5.82 Å². The molecule has 0 bridgehead atoms. The molecule has 0 saturated carbocycles. The van der Waals surface area contributed by atoms with Crippen LogP contribution in [0.4, 0.5) is 4.39 Å². The zero-order valence-electron chi connectivity index (χ0n) is 11.5. The number of amides is 1. The molecule has 0 saturated heterocycles. The molecule has 21 heavy (non-hydrogen) atoms. The summed E-state index contributed by atoms with van der Waals surface area (Å²) in [6, 6.07) is 12.4. The van der Waals surface area contributed by atoms with Gasteiger partial charge in [0.25, 0.3) is 5.91 Å². The summed E-state index contributed by atoms with van der Waals surface area (Å²) in [6.07, 6.45) is 1.61. The first-order valence-electron chi connectivity index (χ1n) is 6.96. The normalized spacial score (nSPS) is 14.5. The second-order valence-electron chi connectivity index (χ2n) is 5.19. The zero-order chi connectivity index (χ0) is 14.8. The van der Waals surface area contributed by atoms with Gasteiger partial charge >= 0.3 is 0 Å². The maximum Gasteiger partial charge on any atom is 0.256 e. The van der Waals surface area contributed by atoms with Crippen molar-refractivity contribution >= 4 is 17.5 Å². The van der Waals surface area contributed by atoms with E-state index >= 15 is 0 Å². The van der Waals surface area contributed by atoms with Crippen LogP contribution in [-0.4, -0.2) is 23.9 Å². The Morgan fingerprint density at radius 3 is 2.24 bits per heavy atom. The van der Waals surface area contributed by atoms with Crippen LogP contribution in [0.1, 0.15) is 21.5 Å². The van der Waals surface area contributed by atoms with Gasteiger partial charge in [-0.25, -0.2) is 4.39 Å². The summed E-state index contributed by atoms with van der Waals surface area (Å²) in [7, 11) is 0. The Morgan fingerprint density at radius 1 is 1.05 bits per heavy atom. The number of hydrogen-bond acceptors (Lipinski definition) is 1. The largest absolute Gasteiger partial charge is 0.338 e. The van der Waals surface area contributed by atoms with Crippen molar-refractivity contribution in [3.8, 4) is 0 Å². The first-order valence-corrected chi connectivity index (χ1v) is 7.34. The smallest absolute Gasteiger partial charge is 0.256 e. The second-order valence-corrected chi connectivity index (χ2v) is 5.62. The van der Waals surface area contributed by atoms with E-state index in [0.717, 1.165) is 12.8 Å². The summed E-state index contributed by atoms with van der Waals surface area (Å²) < 4.78 is 13.9. The van der Waals surface area contributed by atoms with Crippen LogP contribution in [0, 0.1) is 5.82 Å². The van der Waals surface area contributed by atoms with E-state index in [1.54, 1.807) is 11.0 Å². The zero-order valence-corrected chi connectivity index (χ0v) is 12.2. The van der Waals surface area contributed by atoms with E-state index in [0.29, 0.717) is 18.1 Å². The molecule has 0 spiro atoms. The lowest BCUT2D eigenvalue weighted by Crippen LogP contribution is -2.33. The number of rotatable bonds is 1. The Kier molecular flexibility index (Phi) is 3.93. The van der Waals surface area contributed by atoms with Crippen molar-refractivity contribution in [3.05, 3.63) is 70.0 Å². The van der Waals surface area contributed by atoms with Gasteiger partial charge in [-0.1, -0.05) is 35.9 Å². The molecule has 1 aliphatic heterocycles. The molecule has 2 aromatic rings. The van der Waals surface area contributed by atoms with Crippen LogP contribution in [0.2, 0.25) is 5.02 Å². The third-order valence-corrected chi connectivity index (χ3v) is 4.10. The van der Waals surface area contributed by atoms with Crippen molar-refractivity contribution in [1.29, 1.82) is 0 Å². The molecule has 0 aromatic heterocycles. The average molecular weight is 304 g/mol. The lowest BCUT2D eigenvalue weighted by molar-refractivity contribution is 0.0758. The molecule has 4 heteroatoms. The highest BCUT2D eigenvalue weighted by molar-refractivity contribution is 6.30. The molecule has 0 N–H and O–H groups in total. The number of benzene rings is 2. The van der Waals surface area contributed by atoms with E-state index in [4.69, 9.17) is 11.6 Å². The van der Waals surface area contributed by atoms with Gasteiger partial charge < -0.3 is 4.90 Å². The van der Waals surface area contributed by atoms with E-state index < -0.39 is 5.82 Å². The summed E-state index contributed by atoms with van der Waals surface area (Å²) >= 11 is 5.73. The summed E-state index contributed by atoms with van der Waals surface area (Å²) in [5.41, 5.74) is 2.62. The highest BCUT2D eigenvalue weighted by Gasteiger charge is 2.21. The number of nitrogens with zero attached hydrogens (tertiary/aromatic N) is 1. The van der Waals surface area contributed by atoms with Crippen LogP contribution >= 0.6 is 11.6 Å². The maximum atomic E-state index is 13.9. The van der Waals surface area contributed by atoms with Crippen molar-refractivity contribution in [1.82, 2.24) is 4.90 Å². The first kappa shape index (κ1) is 14.1. The van der Waals surface area contributed by atoms with Crippen molar-refractivity contribution in [3.63, 3.8) is 0 Å². The molecular weight excluding hydrogens is 289 g/mol. The van der Waals surface area contributed by atoms with Gasteiger partial charge in [-0.2, -0.15) is 0 Å². The van der Waals surface area contributed by atoms with Gasteiger partial charge in [-0.3, -0.25) is 4.79 Å². The molecule has 108 valence electrons. The van der Waals surface area contributed by atoms with Crippen LogP contribution in [0.3, 0.4) is 0 Å². The molecule has 2 nitrogen and oxygen atoms in total. The predicted molar refractivity (Wildman–Crippen MR) is 81.2 cm³/mol. The fourth-order valence-corrected chi connectivity index (χ4v) is 2.86. The molecule has 0 fully saturated rings. The van der Waals surface area contributed by atoms with Gasteiger partial charge in [-0.15, -0.1) is 0 Å². The van der Waals surface area contributed by atoms with E-state index in [1.165, 1.54) is 23.3 Å². The summed E-state index contributed by atoms with van der Waals surface area (Å²) in [6.45, 7) is 1.22. The van der Waals surface area contributed by atoms with E-state index in [9.17, 15) is 9.18 Å². The van der Waals surface area contributed by atoms with Crippen molar-refractivity contribution in [2.45, 2.75) is 12.8 Å². The molecule has 1 aliphatic rings. The fraction of sp³-hybridized carbons (Fsp3) is 0.235. The Balaban J connectivity index is 1.81. The van der Waals surface area contributed by atoms with Crippen molar-refractivity contribution < 1.29 is 9.18 Å². The Morgan fingerprint density at radius 2 is 1.67 bits per heavy atom. The van der Waals surface area contributed by atoms with Gasteiger partial charge in [0, 0.05) is 18.1 Å². The Bertz CT molecular complexity index is 659. The molecule has 0 aliphatic carbocycles. The summed E-state index contributed by atoms with van der Waals surface area (Å²) in [5, 5.41) is 0.298. The number of fused-ring (bicyclic) bond motifs is 1. The molecule has 1 heterocycles. The minimum Gasteiger partial charge on any atom is -0.338 e. The number of hydrogen-bond donors (Lipinski definition) is 0. The van der Waals surface area contributed by atoms with Crippen molar-refractivity contribution in [2.24, 2.45) is 0 Å². The SMILES string of the molecule is O=C(c1ccc(Cl)cc1F)N1CCc2ccccc2CC1. The average Bonchev–Trinajstić information content (AvgIpc) is 2.69. The van der Waals surface area contributed by atoms with Gasteiger partial charge in [0.15, 0.2) is 0 Å². The van der Waals surface area contributed by atoms with Crippen LogP contribution in [0.15, 0.2) is 42.5 Å². The van der Waals surface area contributed by atoms with Crippen LogP contribution in [0.5, 0.6) is 0 Å². The first-order chi connectivity index (χ1) is 10.1. The van der Waals surface area contributed by atoms with Gasteiger partial charge in [0.2, 0.25) is 0 Å². The lowest BCUT2D eigenvalue weighted by atomic mass is 10.0. The van der Waals surface area contributed by atoms with Crippen LogP contribution in [0.25, 0.3) is 0 Å². The quantitative estimate of drug-likeness (QED) is 0.786. The molecule has 0 atom stereocenters. The third kappa shape index (κ3) is 2.93. The predicted octanol–water partition coefficient (Wildman–Crippen LogP) is 3.72. The monoisotopic (exact) mass is 303 g/mol. The van der Waals surface area contributed by atoms with Crippen molar-refractivity contribution in [2.75, 3.05) is 13.1 Å². The highest BCUT2D eigenvalue weighted by Crippen LogP contribution is 2.20. The van der Waals surface area contributed by atoms with E-state index in [1.807, 2.05) is 12.1 Å². The molecule has 2 aromatic carbocycles. The van der Waals surface area contributed by atoms with E-state index in [2.05, 4.69) is 12.1 Å². The minimum atomic E-state index is -0.561. The molecule has 0 radical (unpaired) electrons. The summed E-state index contributed by atoms with van der Waals surface area (Å²) in [4.78, 5) is 14.2. The number of carbonyl (C=O) groups excluding carboxylic acids is 1. The highest BCUT2D eigenvalue weighted by atomic mass is 35.5. The maximum absolute atomic E-state index is 13.9. The topological polar surface area (TPSA) is 20.3 Å². The number of halogens is 2. The van der Waals surface area contributed by atoms with E-state index in [-0.39, 0.29) is 11.5 Å². The van der Waals surface area contributed by atoms with Gasteiger partial charge in [0.05, 0.1) is 5.56 Å². The lowest BCUT2D eigenvalue weighted by Gasteiger charge is -2.20. The molecular formula is C17H15ClFNO. The van der Waals surface area contributed by atoms with Crippen LogP contribution < -0.4 is 0 Å². The fourth-order valence-electron chi connectivity index (χ4n) is 2.70. The third-order valence-electron chi connectivity index (χ3n) is 3.87. The Hall–Kier alpha value is -1.87. The standard InChI is InChI=1S/C17H15ClFNO/c18-14-5-6-15(16(19)11-14)17(21)20-9-7-12-3-1-2-4-13(12)8-10-20/h1-6,11H,7-10H2. The minimum absolute atomic E-state index is 0.0883. The van der Waals surface area contributed by atoms with Crippen LogP contribution in [-0.2, 0) is 12.8 Å². The second kappa shape index (κ2) is 5.86. The molecule has 3 rings (SSSR count). The molecule has 0 unspecified atom stereocenters. The summed E-state index contributed by atoms with van der Waals surface area (Å²) in [5.74, 6) is -0.828. The Labute approximate surface area is 128 Å². The molecule has 1 amide bonds. The number of carbonyl (C=O) groups is 1.